The van der Waals surface area contributed by atoms with Gasteiger partial charge in [-0.2, -0.15) is 13.2 Å². The van der Waals surface area contributed by atoms with Crippen LogP contribution >= 0.6 is 22.9 Å². The molecular weight excluding hydrogens is 395 g/mol. The highest BCUT2D eigenvalue weighted by molar-refractivity contribution is 7.16. The van der Waals surface area contributed by atoms with Crippen molar-refractivity contribution in [3.63, 3.8) is 0 Å². The van der Waals surface area contributed by atoms with E-state index in [1.165, 1.54) is 17.4 Å². The molecule has 0 radical (unpaired) electrons. The normalized spacial score (nSPS) is 11.7. The van der Waals surface area contributed by atoms with Gasteiger partial charge in [0, 0.05) is 15.8 Å². The largest absolute Gasteiger partial charge is 0.416 e. The highest BCUT2D eigenvalue weighted by Gasteiger charge is 2.31. The van der Waals surface area contributed by atoms with Crippen molar-refractivity contribution in [1.82, 2.24) is 0 Å². The second-order valence-electron chi connectivity index (χ2n) is 5.58. The van der Waals surface area contributed by atoms with Crippen LogP contribution in [0.1, 0.15) is 10.4 Å². The summed E-state index contributed by atoms with van der Waals surface area (Å²) in [6.07, 6.45) is -1.64. The molecule has 0 spiro atoms. The zero-order valence-corrected chi connectivity index (χ0v) is 15.3. The molecular formula is C20H13ClF3NOS. The summed E-state index contributed by atoms with van der Waals surface area (Å²) >= 11 is 7.38. The molecule has 0 aliphatic rings. The zero-order valence-electron chi connectivity index (χ0n) is 13.8. The van der Waals surface area contributed by atoms with Gasteiger partial charge in [-0.3, -0.25) is 4.79 Å². The van der Waals surface area contributed by atoms with E-state index in [2.05, 4.69) is 5.32 Å². The second-order valence-corrected chi connectivity index (χ2v) is 7.11. The van der Waals surface area contributed by atoms with Gasteiger partial charge in [0.1, 0.15) is 0 Å². The van der Waals surface area contributed by atoms with Crippen LogP contribution in [0.15, 0.2) is 66.7 Å². The summed E-state index contributed by atoms with van der Waals surface area (Å²) < 4.78 is 38.3. The van der Waals surface area contributed by atoms with Gasteiger partial charge in [-0.15, -0.1) is 11.3 Å². The number of benzene rings is 2. The first-order valence-electron chi connectivity index (χ1n) is 7.84. The highest BCUT2D eigenvalue weighted by Crippen LogP contribution is 2.34. The first-order chi connectivity index (χ1) is 12.8. The number of carbonyl (C=O) groups excluding carboxylic acids is 1. The summed E-state index contributed by atoms with van der Waals surface area (Å²) in [7, 11) is 0. The molecule has 1 aromatic heterocycles. The number of halogens is 4. The molecule has 0 bridgehead atoms. The maximum atomic E-state index is 12.8. The lowest BCUT2D eigenvalue weighted by atomic mass is 10.2. The van der Waals surface area contributed by atoms with E-state index in [0.717, 1.165) is 33.5 Å². The Labute approximate surface area is 162 Å². The smallest absolute Gasteiger partial charge is 0.321 e. The molecule has 2 aromatic carbocycles. The van der Waals surface area contributed by atoms with E-state index in [4.69, 9.17) is 11.6 Å². The first-order valence-corrected chi connectivity index (χ1v) is 9.03. The SMILES string of the molecule is O=C(/C=C/c1ccc(-c2ccccc2)s1)Nc1cc(C(F)(F)F)ccc1Cl. The molecule has 1 amide bonds. The van der Waals surface area contributed by atoms with Crippen molar-refractivity contribution < 1.29 is 18.0 Å². The van der Waals surface area contributed by atoms with Gasteiger partial charge in [0.25, 0.3) is 0 Å². The van der Waals surface area contributed by atoms with Crippen molar-refractivity contribution in [2.75, 3.05) is 5.32 Å². The average Bonchev–Trinajstić information content (AvgIpc) is 3.11. The van der Waals surface area contributed by atoms with E-state index in [0.29, 0.717) is 0 Å². The number of amides is 1. The van der Waals surface area contributed by atoms with Crippen LogP contribution in [0.2, 0.25) is 5.02 Å². The Morgan fingerprint density at radius 2 is 1.78 bits per heavy atom. The number of nitrogens with one attached hydrogen (secondary N) is 1. The molecule has 0 saturated heterocycles. The number of carbonyl (C=O) groups is 1. The lowest BCUT2D eigenvalue weighted by Crippen LogP contribution is -2.10. The lowest BCUT2D eigenvalue weighted by Gasteiger charge is -2.10. The summed E-state index contributed by atoms with van der Waals surface area (Å²) in [5.74, 6) is -0.564. The standard InChI is InChI=1S/C20H13ClF3NOS/c21-16-9-6-14(20(22,23)24)12-17(16)25-19(26)11-8-15-7-10-18(27-15)13-4-2-1-3-5-13/h1-12H,(H,25,26)/b11-8+. The van der Waals surface area contributed by atoms with Gasteiger partial charge in [-0.1, -0.05) is 41.9 Å². The van der Waals surface area contributed by atoms with E-state index < -0.39 is 17.6 Å². The molecule has 1 heterocycles. The molecule has 138 valence electrons. The van der Waals surface area contributed by atoms with Crippen molar-refractivity contribution >= 4 is 40.6 Å². The van der Waals surface area contributed by atoms with Crippen LogP contribution < -0.4 is 5.32 Å². The molecule has 3 aromatic rings. The molecule has 0 unspecified atom stereocenters. The lowest BCUT2D eigenvalue weighted by molar-refractivity contribution is -0.137. The van der Waals surface area contributed by atoms with Crippen LogP contribution in [-0.2, 0) is 11.0 Å². The molecule has 0 fully saturated rings. The third kappa shape index (κ3) is 4.99. The number of thiophene rings is 1. The Morgan fingerprint density at radius 1 is 1.04 bits per heavy atom. The Bertz CT molecular complexity index is 980. The number of hydrogen-bond acceptors (Lipinski definition) is 2. The number of hydrogen-bond donors (Lipinski definition) is 1. The van der Waals surface area contributed by atoms with Crippen LogP contribution in [0.5, 0.6) is 0 Å². The maximum absolute atomic E-state index is 12.8. The minimum atomic E-state index is -4.51. The minimum Gasteiger partial charge on any atom is -0.321 e. The van der Waals surface area contributed by atoms with Crippen molar-refractivity contribution in [3.05, 3.63) is 82.2 Å². The van der Waals surface area contributed by atoms with Gasteiger partial charge in [0.2, 0.25) is 5.91 Å². The van der Waals surface area contributed by atoms with E-state index in [1.807, 2.05) is 42.5 Å². The molecule has 0 atom stereocenters. The summed E-state index contributed by atoms with van der Waals surface area (Å²) in [4.78, 5) is 13.9. The van der Waals surface area contributed by atoms with Crippen molar-refractivity contribution in [2.45, 2.75) is 6.18 Å². The summed E-state index contributed by atoms with van der Waals surface area (Å²) in [5.41, 5.74) is 0.108. The highest BCUT2D eigenvalue weighted by atomic mass is 35.5. The maximum Gasteiger partial charge on any atom is 0.416 e. The van der Waals surface area contributed by atoms with Gasteiger partial charge in [0.05, 0.1) is 16.3 Å². The third-order valence-corrected chi connectivity index (χ3v) is 5.06. The summed E-state index contributed by atoms with van der Waals surface area (Å²) in [6.45, 7) is 0. The number of alkyl halides is 3. The second kappa shape index (κ2) is 7.98. The molecule has 1 N–H and O–H groups in total. The van der Waals surface area contributed by atoms with Crippen LogP contribution in [0.4, 0.5) is 18.9 Å². The van der Waals surface area contributed by atoms with Gasteiger partial charge < -0.3 is 5.32 Å². The van der Waals surface area contributed by atoms with Gasteiger partial charge in [0.15, 0.2) is 0 Å². The predicted molar refractivity (Wildman–Crippen MR) is 104 cm³/mol. The van der Waals surface area contributed by atoms with Crippen LogP contribution in [0.3, 0.4) is 0 Å². The molecule has 2 nitrogen and oxygen atoms in total. The van der Waals surface area contributed by atoms with E-state index in [1.54, 1.807) is 6.08 Å². The molecule has 0 saturated carbocycles. The van der Waals surface area contributed by atoms with Gasteiger partial charge in [-0.25, -0.2) is 0 Å². The Morgan fingerprint density at radius 3 is 2.48 bits per heavy atom. The predicted octanol–water partition coefficient (Wildman–Crippen LogP) is 6.74. The van der Waals surface area contributed by atoms with Crippen LogP contribution in [0, 0.1) is 0 Å². The fourth-order valence-corrected chi connectivity index (χ4v) is 3.41. The molecule has 0 aliphatic carbocycles. The first kappa shape index (κ1) is 19.2. The molecule has 7 heteroatoms. The summed E-state index contributed by atoms with van der Waals surface area (Å²) in [5, 5.41) is 2.41. The van der Waals surface area contributed by atoms with Crippen LogP contribution in [0.25, 0.3) is 16.5 Å². The number of rotatable bonds is 4. The molecule has 0 aliphatic heterocycles. The van der Waals surface area contributed by atoms with Gasteiger partial charge >= 0.3 is 6.18 Å². The number of anilines is 1. The Balaban J connectivity index is 1.70. The Hall–Kier alpha value is -2.57. The fraction of sp³-hybridized carbons (Fsp3) is 0.0500. The van der Waals surface area contributed by atoms with Crippen molar-refractivity contribution in [3.8, 4) is 10.4 Å². The monoisotopic (exact) mass is 407 g/mol. The minimum absolute atomic E-state index is 0.0345. The molecule has 3 rings (SSSR count). The fourth-order valence-electron chi connectivity index (χ4n) is 2.33. The topological polar surface area (TPSA) is 29.1 Å². The quantitative estimate of drug-likeness (QED) is 0.477. The summed E-state index contributed by atoms with van der Waals surface area (Å²) in [6, 6.07) is 16.4. The Kier molecular flexibility index (Phi) is 5.68. The zero-order chi connectivity index (χ0) is 19.4. The van der Waals surface area contributed by atoms with E-state index in [9.17, 15) is 18.0 Å². The third-order valence-electron chi connectivity index (χ3n) is 3.64. The van der Waals surface area contributed by atoms with Crippen LogP contribution in [-0.4, -0.2) is 5.91 Å². The molecule has 27 heavy (non-hydrogen) atoms. The van der Waals surface area contributed by atoms with E-state index >= 15 is 0 Å². The van der Waals surface area contributed by atoms with Gasteiger partial charge in [-0.05, 0) is 42.0 Å². The van der Waals surface area contributed by atoms with Crippen molar-refractivity contribution in [2.24, 2.45) is 0 Å². The van der Waals surface area contributed by atoms with E-state index in [-0.39, 0.29) is 10.7 Å². The average molecular weight is 408 g/mol. The van der Waals surface area contributed by atoms with Crippen molar-refractivity contribution in [1.29, 1.82) is 0 Å².